The molecule has 1 heterocycles. The van der Waals surface area contributed by atoms with E-state index in [0.29, 0.717) is 25.1 Å². The van der Waals surface area contributed by atoms with Crippen molar-refractivity contribution in [1.29, 1.82) is 0 Å². The summed E-state index contributed by atoms with van der Waals surface area (Å²) in [6, 6.07) is 19.7. The number of ether oxygens (including phenoxy) is 1. The Morgan fingerprint density at radius 3 is 2.45 bits per heavy atom. The molecule has 2 unspecified atom stereocenters. The molecule has 1 aliphatic carbocycles. The lowest BCUT2D eigenvalue weighted by Gasteiger charge is -2.38. The first-order chi connectivity index (χ1) is 14.1. The maximum atomic E-state index is 13.1. The molecule has 0 radical (unpaired) electrons. The summed E-state index contributed by atoms with van der Waals surface area (Å²) in [6.07, 6.45) is 2.80. The average Bonchev–Trinajstić information content (AvgIpc) is 2.74. The molecule has 148 valence electrons. The van der Waals surface area contributed by atoms with E-state index in [2.05, 4.69) is 11.9 Å². The van der Waals surface area contributed by atoms with E-state index in [4.69, 9.17) is 4.74 Å². The van der Waals surface area contributed by atoms with Gasteiger partial charge in [-0.15, -0.1) is 0 Å². The van der Waals surface area contributed by atoms with Crippen molar-refractivity contribution < 1.29 is 14.3 Å². The number of nitrogens with one attached hydrogen (secondary N) is 1. The molecular formula is C25H25NO3. The fourth-order valence-electron chi connectivity index (χ4n) is 4.30. The van der Waals surface area contributed by atoms with Gasteiger partial charge in [0.1, 0.15) is 5.92 Å². The number of allylic oxidation sites excluding steroid dienone is 2. The monoisotopic (exact) mass is 387 g/mol. The van der Waals surface area contributed by atoms with Crippen LogP contribution in [-0.2, 0) is 20.7 Å². The van der Waals surface area contributed by atoms with E-state index in [9.17, 15) is 9.59 Å². The summed E-state index contributed by atoms with van der Waals surface area (Å²) in [4.78, 5) is 25.9. The van der Waals surface area contributed by atoms with E-state index in [0.717, 1.165) is 35.2 Å². The van der Waals surface area contributed by atoms with Crippen LogP contribution in [0.15, 0.2) is 84.2 Å². The van der Waals surface area contributed by atoms with Gasteiger partial charge in [0.2, 0.25) is 0 Å². The first-order valence-electron chi connectivity index (χ1n) is 10.1. The van der Waals surface area contributed by atoms with Gasteiger partial charge < -0.3 is 10.1 Å². The summed E-state index contributed by atoms with van der Waals surface area (Å²) in [6.45, 7) is 4.42. The van der Waals surface area contributed by atoms with Crippen LogP contribution < -0.4 is 5.32 Å². The van der Waals surface area contributed by atoms with E-state index >= 15 is 0 Å². The second-order valence-corrected chi connectivity index (χ2v) is 7.59. The molecule has 0 amide bonds. The molecule has 0 aromatic heterocycles. The lowest BCUT2D eigenvalue weighted by Crippen LogP contribution is -2.41. The van der Waals surface area contributed by atoms with E-state index in [-0.39, 0.29) is 17.7 Å². The Labute approximate surface area is 171 Å². The topological polar surface area (TPSA) is 55.4 Å². The van der Waals surface area contributed by atoms with Crippen LogP contribution in [0.25, 0.3) is 0 Å². The number of benzene rings is 2. The Bertz CT molecular complexity index is 947. The fraction of sp³-hybridized carbons (Fsp3) is 0.280. The highest BCUT2D eigenvalue weighted by Gasteiger charge is 2.43. The number of rotatable bonds is 5. The van der Waals surface area contributed by atoms with Crippen LogP contribution in [0.3, 0.4) is 0 Å². The highest BCUT2D eigenvalue weighted by Crippen LogP contribution is 2.44. The van der Waals surface area contributed by atoms with Crippen LogP contribution in [0.5, 0.6) is 0 Å². The Hall–Kier alpha value is -3.14. The van der Waals surface area contributed by atoms with Crippen LogP contribution >= 0.6 is 0 Å². The molecule has 4 heteroatoms. The molecule has 29 heavy (non-hydrogen) atoms. The smallest absolute Gasteiger partial charge is 0.315 e. The van der Waals surface area contributed by atoms with Gasteiger partial charge in [0.25, 0.3) is 0 Å². The van der Waals surface area contributed by atoms with E-state index in [1.165, 1.54) is 0 Å². The average molecular weight is 387 g/mol. The van der Waals surface area contributed by atoms with Crippen LogP contribution in [0.4, 0.5) is 0 Å². The van der Waals surface area contributed by atoms with Crippen molar-refractivity contribution in [2.24, 2.45) is 5.92 Å². The van der Waals surface area contributed by atoms with Gasteiger partial charge in [-0.2, -0.15) is 0 Å². The third kappa shape index (κ3) is 4.02. The maximum absolute atomic E-state index is 13.1. The standard InChI is InChI=1S/C25H25NO3/c1-17-22(25(28)29-16-15-18-9-4-2-5-10-18)23(19-11-6-3-7-12-19)24-20(26-17)13-8-14-21(24)27/h2-7,9-12,22-23,26H,1,8,13-16H2. The molecule has 2 atom stereocenters. The summed E-state index contributed by atoms with van der Waals surface area (Å²) in [5.74, 6) is -1.19. The molecule has 2 aliphatic rings. The van der Waals surface area contributed by atoms with Crippen molar-refractivity contribution in [3.8, 4) is 0 Å². The zero-order valence-electron chi connectivity index (χ0n) is 16.4. The van der Waals surface area contributed by atoms with Crippen molar-refractivity contribution in [2.45, 2.75) is 31.6 Å². The van der Waals surface area contributed by atoms with E-state index < -0.39 is 5.92 Å². The number of esters is 1. The van der Waals surface area contributed by atoms with Gasteiger partial charge in [0.05, 0.1) is 6.61 Å². The van der Waals surface area contributed by atoms with Crippen molar-refractivity contribution in [3.63, 3.8) is 0 Å². The van der Waals surface area contributed by atoms with Crippen LogP contribution in [-0.4, -0.2) is 18.4 Å². The molecule has 0 spiro atoms. The minimum atomic E-state index is -0.617. The van der Waals surface area contributed by atoms with Gasteiger partial charge in [-0.1, -0.05) is 67.2 Å². The number of carbonyl (C=O) groups is 2. The van der Waals surface area contributed by atoms with Crippen LogP contribution in [0.1, 0.15) is 36.3 Å². The van der Waals surface area contributed by atoms with Crippen LogP contribution in [0.2, 0.25) is 0 Å². The Kier molecular flexibility index (Phi) is 5.61. The van der Waals surface area contributed by atoms with Crippen molar-refractivity contribution in [1.82, 2.24) is 5.32 Å². The molecule has 4 nitrogen and oxygen atoms in total. The zero-order chi connectivity index (χ0) is 20.2. The lowest BCUT2D eigenvalue weighted by atomic mass is 9.71. The molecule has 0 bridgehead atoms. The van der Waals surface area contributed by atoms with Gasteiger partial charge in [-0.25, -0.2) is 0 Å². The third-order valence-corrected chi connectivity index (χ3v) is 5.68. The van der Waals surface area contributed by atoms with Gasteiger partial charge in [0, 0.05) is 35.7 Å². The summed E-state index contributed by atoms with van der Waals surface area (Å²) < 4.78 is 5.65. The second kappa shape index (κ2) is 8.48. The molecular weight excluding hydrogens is 362 g/mol. The predicted octanol–water partition coefficient (Wildman–Crippen LogP) is 4.30. The van der Waals surface area contributed by atoms with Gasteiger partial charge in [-0.3, -0.25) is 9.59 Å². The fourth-order valence-corrected chi connectivity index (χ4v) is 4.30. The molecule has 4 rings (SSSR count). The number of hydrogen-bond donors (Lipinski definition) is 1. The summed E-state index contributed by atoms with van der Waals surface area (Å²) in [5.41, 5.74) is 4.31. The van der Waals surface area contributed by atoms with Crippen molar-refractivity contribution in [3.05, 3.63) is 95.3 Å². The first-order valence-corrected chi connectivity index (χ1v) is 10.1. The molecule has 1 N–H and O–H groups in total. The molecule has 2 aromatic rings. The van der Waals surface area contributed by atoms with E-state index in [1.807, 2.05) is 60.7 Å². The predicted molar refractivity (Wildman–Crippen MR) is 112 cm³/mol. The summed E-state index contributed by atoms with van der Waals surface area (Å²) in [5, 5.41) is 3.25. The zero-order valence-corrected chi connectivity index (χ0v) is 16.4. The first kappa shape index (κ1) is 19.2. The van der Waals surface area contributed by atoms with Gasteiger partial charge in [0.15, 0.2) is 5.78 Å². The minimum absolute atomic E-state index is 0.113. The molecule has 0 saturated carbocycles. The highest BCUT2D eigenvalue weighted by atomic mass is 16.5. The number of carbonyl (C=O) groups excluding carboxylic acids is 2. The summed E-state index contributed by atoms with van der Waals surface area (Å²) in [7, 11) is 0. The third-order valence-electron chi connectivity index (χ3n) is 5.68. The SMILES string of the molecule is C=C1NC2=C(C(=O)CCC2)C(c2ccccc2)C1C(=O)OCCc1ccccc1. The molecule has 1 aliphatic heterocycles. The van der Waals surface area contributed by atoms with Crippen molar-refractivity contribution >= 4 is 11.8 Å². The van der Waals surface area contributed by atoms with Crippen molar-refractivity contribution in [2.75, 3.05) is 6.61 Å². The van der Waals surface area contributed by atoms with E-state index in [1.54, 1.807) is 0 Å². The normalized spacial score (nSPS) is 21.4. The van der Waals surface area contributed by atoms with Gasteiger partial charge >= 0.3 is 5.97 Å². The Morgan fingerprint density at radius 2 is 1.72 bits per heavy atom. The highest BCUT2D eigenvalue weighted by molar-refractivity contribution is 6.00. The summed E-state index contributed by atoms with van der Waals surface area (Å²) >= 11 is 0. The quantitative estimate of drug-likeness (QED) is 0.778. The molecule has 0 saturated heterocycles. The largest absolute Gasteiger partial charge is 0.465 e. The molecule has 2 aromatic carbocycles. The van der Waals surface area contributed by atoms with Crippen LogP contribution in [0, 0.1) is 5.92 Å². The maximum Gasteiger partial charge on any atom is 0.315 e. The number of Topliss-reactive ketones (excluding diaryl/α,β-unsaturated/α-hetero) is 1. The number of ketones is 1. The molecule has 0 fully saturated rings. The number of hydrogen-bond acceptors (Lipinski definition) is 4. The Balaban J connectivity index is 1.60. The lowest BCUT2D eigenvalue weighted by molar-refractivity contribution is -0.147. The Morgan fingerprint density at radius 1 is 1.03 bits per heavy atom. The minimum Gasteiger partial charge on any atom is -0.465 e. The van der Waals surface area contributed by atoms with Gasteiger partial charge in [-0.05, 0) is 24.0 Å². The second-order valence-electron chi connectivity index (χ2n) is 7.59.